The molecule has 7 N–H and O–H groups in total. The zero-order chi connectivity index (χ0) is 29.3. The number of amides is 4. The molecule has 12 heteroatoms. The lowest BCUT2D eigenvalue weighted by molar-refractivity contribution is -0.138. The van der Waals surface area contributed by atoms with E-state index in [-0.39, 0.29) is 37.3 Å². The Bertz CT molecular complexity index is 1100. The van der Waals surface area contributed by atoms with Gasteiger partial charge in [0.05, 0.1) is 12.5 Å². The van der Waals surface area contributed by atoms with Gasteiger partial charge in [-0.3, -0.25) is 23.7 Å². The van der Waals surface area contributed by atoms with Crippen LogP contribution in [0.25, 0.3) is 0 Å². The maximum absolute atomic E-state index is 13.7. The van der Waals surface area contributed by atoms with Crippen molar-refractivity contribution in [1.82, 2.24) is 16.0 Å². The fourth-order valence-corrected chi connectivity index (χ4v) is 7.08. The number of carbonyl (C=O) groups excluding carboxylic acids is 4. The van der Waals surface area contributed by atoms with Crippen molar-refractivity contribution in [2.75, 3.05) is 12.8 Å². The SMILES string of the molecule is CC(=O)N[C@@H](Cc1ccc(CP(=O)(O)CCO)cc1)C(=O)NC1(C(=O)N[C@@H]2CCCC[C@@H]2C(N)=O)CCCCC1. The summed E-state index contributed by atoms with van der Waals surface area (Å²) in [4.78, 5) is 61.2. The first-order valence-corrected chi connectivity index (χ1v) is 16.2. The molecule has 0 saturated heterocycles. The molecule has 0 aromatic heterocycles. The molecule has 4 atom stereocenters. The Kier molecular flexibility index (Phi) is 11.3. The van der Waals surface area contributed by atoms with Gasteiger partial charge < -0.3 is 31.7 Å². The van der Waals surface area contributed by atoms with Gasteiger partial charge in [0.15, 0.2) is 0 Å². The monoisotopic (exact) mass is 578 g/mol. The Morgan fingerprint density at radius 2 is 1.65 bits per heavy atom. The predicted octanol–water partition coefficient (Wildman–Crippen LogP) is 1.48. The van der Waals surface area contributed by atoms with Crippen LogP contribution in [-0.4, -0.2) is 64.0 Å². The van der Waals surface area contributed by atoms with E-state index in [0.717, 1.165) is 37.7 Å². The quantitative estimate of drug-likeness (QED) is 0.203. The highest BCUT2D eigenvalue weighted by Gasteiger charge is 2.44. The Balaban J connectivity index is 1.74. The summed E-state index contributed by atoms with van der Waals surface area (Å²) in [6, 6.07) is 5.52. The number of nitrogens with one attached hydrogen (secondary N) is 3. The van der Waals surface area contributed by atoms with Crippen LogP contribution < -0.4 is 21.7 Å². The van der Waals surface area contributed by atoms with E-state index in [4.69, 9.17) is 10.8 Å². The van der Waals surface area contributed by atoms with Gasteiger partial charge in [-0.05, 0) is 36.8 Å². The first-order valence-electron chi connectivity index (χ1n) is 14.1. The van der Waals surface area contributed by atoms with E-state index in [1.807, 2.05) is 0 Å². The minimum atomic E-state index is -3.49. The van der Waals surface area contributed by atoms with Gasteiger partial charge >= 0.3 is 0 Å². The average molecular weight is 579 g/mol. The summed E-state index contributed by atoms with van der Waals surface area (Å²) in [5.41, 5.74) is 5.80. The largest absolute Gasteiger partial charge is 0.396 e. The van der Waals surface area contributed by atoms with Crippen LogP contribution in [0.15, 0.2) is 24.3 Å². The standard InChI is InChI=1S/C28H43N4O7P/c1-19(34)30-24(17-20-9-11-21(12-10-20)18-40(38,39)16-15-33)26(36)32-28(13-5-2-6-14-28)27(37)31-23-8-4-3-7-22(23)25(29)35/h9-12,22-24,33H,2-8,13-18H2,1H3,(H2,29,35)(H,30,34)(H,31,37)(H,32,36)(H,38,39)/t22-,23+,24-/m0/s1. The van der Waals surface area contributed by atoms with Gasteiger partial charge in [-0.25, -0.2) is 0 Å². The number of nitrogens with two attached hydrogens (primary N) is 1. The molecule has 11 nitrogen and oxygen atoms in total. The second kappa shape index (κ2) is 14.2. The van der Waals surface area contributed by atoms with E-state index < -0.39 is 42.6 Å². The van der Waals surface area contributed by atoms with E-state index in [1.54, 1.807) is 24.3 Å². The maximum atomic E-state index is 13.7. The fraction of sp³-hybridized carbons (Fsp3) is 0.643. The Labute approximate surface area is 235 Å². The molecule has 1 aromatic rings. The summed E-state index contributed by atoms with van der Waals surface area (Å²) in [6.07, 6.45) is 6.31. The van der Waals surface area contributed by atoms with Gasteiger partial charge in [0, 0.05) is 31.7 Å². The molecule has 40 heavy (non-hydrogen) atoms. The second-order valence-corrected chi connectivity index (χ2v) is 13.7. The number of hydrogen-bond acceptors (Lipinski definition) is 6. The van der Waals surface area contributed by atoms with Crippen molar-refractivity contribution in [1.29, 1.82) is 0 Å². The molecule has 2 aliphatic rings. The zero-order valence-corrected chi connectivity index (χ0v) is 24.1. The summed E-state index contributed by atoms with van der Waals surface area (Å²) < 4.78 is 12.1. The van der Waals surface area contributed by atoms with Gasteiger partial charge in [-0.15, -0.1) is 0 Å². The molecule has 222 valence electrons. The number of benzene rings is 1. The Morgan fingerprint density at radius 1 is 1.02 bits per heavy atom. The van der Waals surface area contributed by atoms with Crippen molar-refractivity contribution in [2.24, 2.45) is 11.7 Å². The smallest absolute Gasteiger partial charge is 0.245 e. The highest BCUT2D eigenvalue weighted by atomic mass is 31.2. The van der Waals surface area contributed by atoms with Gasteiger partial charge in [-0.2, -0.15) is 0 Å². The number of aliphatic hydroxyl groups excluding tert-OH is 1. The predicted molar refractivity (Wildman–Crippen MR) is 150 cm³/mol. The van der Waals surface area contributed by atoms with Crippen molar-refractivity contribution < 1.29 is 33.7 Å². The minimum Gasteiger partial charge on any atom is -0.396 e. The van der Waals surface area contributed by atoms with Crippen molar-refractivity contribution in [3.63, 3.8) is 0 Å². The third kappa shape index (κ3) is 8.88. The van der Waals surface area contributed by atoms with Crippen molar-refractivity contribution in [3.05, 3.63) is 35.4 Å². The molecule has 2 fully saturated rings. The van der Waals surface area contributed by atoms with Crippen LogP contribution in [0.4, 0.5) is 0 Å². The summed E-state index contributed by atoms with van der Waals surface area (Å²) in [6.45, 7) is 0.949. The fourth-order valence-electron chi connectivity index (χ4n) is 5.83. The number of aliphatic hydroxyl groups is 1. The lowest BCUT2D eigenvalue weighted by atomic mass is 9.79. The average Bonchev–Trinajstić information content (AvgIpc) is 2.89. The number of primary amides is 1. The van der Waals surface area contributed by atoms with Gasteiger partial charge in [-0.1, -0.05) is 56.4 Å². The van der Waals surface area contributed by atoms with Crippen LogP contribution in [0.2, 0.25) is 0 Å². The third-order valence-corrected chi connectivity index (χ3v) is 9.75. The second-order valence-electron chi connectivity index (χ2n) is 11.2. The first kappa shape index (κ1) is 31.8. The topological polar surface area (TPSA) is 188 Å². The molecule has 0 spiro atoms. The Hall–Kier alpha value is -2.75. The van der Waals surface area contributed by atoms with Crippen LogP contribution in [0.5, 0.6) is 0 Å². The molecular formula is C28H43N4O7P. The van der Waals surface area contributed by atoms with Crippen molar-refractivity contribution in [2.45, 2.75) is 94.9 Å². The van der Waals surface area contributed by atoms with Crippen LogP contribution in [0.3, 0.4) is 0 Å². The molecule has 2 aliphatic carbocycles. The van der Waals surface area contributed by atoms with Crippen molar-refractivity contribution >= 4 is 31.0 Å². The summed E-state index contributed by atoms with van der Waals surface area (Å²) in [5.74, 6) is -2.06. The lowest BCUT2D eigenvalue weighted by Crippen LogP contribution is -2.65. The van der Waals surface area contributed by atoms with E-state index in [0.29, 0.717) is 31.2 Å². The summed E-state index contributed by atoms with van der Waals surface area (Å²) in [5, 5.41) is 17.7. The zero-order valence-electron chi connectivity index (χ0n) is 23.2. The van der Waals surface area contributed by atoms with Crippen LogP contribution in [0, 0.1) is 5.92 Å². The van der Waals surface area contributed by atoms with Crippen LogP contribution in [-0.2, 0) is 36.3 Å². The third-order valence-electron chi connectivity index (χ3n) is 7.99. The maximum Gasteiger partial charge on any atom is 0.245 e. The molecule has 1 unspecified atom stereocenters. The molecule has 0 bridgehead atoms. The van der Waals surface area contributed by atoms with Crippen LogP contribution >= 0.6 is 7.37 Å². The molecule has 0 heterocycles. The molecule has 4 amide bonds. The van der Waals surface area contributed by atoms with E-state index in [9.17, 15) is 28.6 Å². The Morgan fingerprint density at radius 3 is 2.25 bits per heavy atom. The summed E-state index contributed by atoms with van der Waals surface area (Å²) >= 11 is 0. The van der Waals surface area contributed by atoms with E-state index in [1.165, 1.54) is 6.92 Å². The lowest BCUT2D eigenvalue weighted by Gasteiger charge is -2.40. The number of rotatable bonds is 12. The van der Waals surface area contributed by atoms with Crippen LogP contribution in [0.1, 0.15) is 75.8 Å². The number of hydrogen-bond donors (Lipinski definition) is 6. The summed E-state index contributed by atoms with van der Waals surface area (Å²) in [7, 11) is -3.49. The minimum absolute atomic E-state index is 0.0707. The van der Waals surface area contributed by atoms with Crippen molar-refractivity contribution in [3.8, 4) is 0 Å². The first-order chi connectivity index (χ1) is 18.9. The molecular weight excluding hydrogens is 535 g/mol. The molecule has 0 aliphatic heterocycles. The molecule has 3 rings (SSSR count). The van der Waals surface area contributed by atoms with E-state index in [2.05, 4.69) is 16.0 Å². The highest BCUT2D eigenvalue weighted by Crippen LogP contribution is 2.43. The highest BCUT2D eigenvalue weighted by molar-refractivity contribution is 7.57. The van der Waals surface area contributed by atoms with Gasteiger partial charge in [0.2, 0.25) is 31.0 Å². The number of carbonyl (C=O) groups is 4. The van der Waals surface area contributed by atoms with Gasteiger partial charge in [0.1, 0.15) is 11.6 Å². The van der Waals surface area contributed by atoms with E-state index >= 15 is 0 Å². The van der Waals surface area contributed by atoms with Gasteiger partial charge in [0.25, 0.3) is 0 Å². The molecule has 2 saturated carbocycles. The molecule has 1 aromatic carbocycles. The molecule has 0 radical (unpaired) electrons. The normalized spacial score (nSPS) is 22.8.